The second-order valence-corrected chi connectivity index (χ2v) is 9.76. The number of nitrogens with zero attached hydrogens (tertiary/aromatic N) is 2. The fraction of sp³-hybridized carbons (Fsp3) is 0.192. The van der Waals surface area contributed by atoms with Gasteiger partial charge in [-0.25, -0.2) is 0 Å². The molecule has 0 bridgehead atoms. The number of amides is 2. The number of carbonyl (C=O) groups is 2. The summed E-state index contributed by atoms with van der Waals surface area (Å²) in [7, 11) is 0. The lowest BCUT2D eigenvalue weighted by Crippen LogP contribution is -2.48. The Balaban J connectivity index is 1.28. The zero-order valence-corrected chi connectivity index (χ0v) is 21.7. The maximum Gasteiger partial charge on any atom is 0.257 e. The zero-order valence-electron chi connectivity index (χ0n) is 18.8. The van der Waals surface area contributed by atoms with Crippen molar-refractivity contribution >= 4 is 63.1 Å². The molecule has 2 N–H and O–H groups in total. The first-order valence-electron chi connectivity index (χ1n) is 11.0. The molecular formula is C26H25IN4O2S. The molecule has 1 aliphatic rings. The molecule has 1 aliphatic heterocycles. The summed E-state index contributed by atoms with van der Waals surface area (Å²) in [4.78, 5) is 29.2. The molecule has 8 heteroatoms. The number of hydrogen-bond acceptors (Lipinski definition) is 4. The fourth-order valence-corrected chi connectivity index (χ4v) is 4.31. The summed E-state index contributed by atoms with van der Waals surface area (Å²) in [5, 5.41) is 6.01. The van der Waals surface area contributed by atoms with Gasteiger partial charge in [-0.1, -0.05) is 17.7 Å². The van der Waals surface area contributed by atoms with Gasteiger partial charge in [0.15, 0.2) is 5.11 Å². The molecule has 174 valence electrons. The third-order valence-electron chi connectivity index (χ3n) is 5.69. The summed E-state index contributed by atoms with van der Waals surface area (Å²) in [6, 6.07) is 22.9. The molecule has 0 aliphatic carbocycles. The second kappa shape index (κ2) is 11.0. The van der Waals surface area contributed by atoms with E-state index in [1.165, 1.54) is 0 Å². The predicted molar refractivity (Wildman–Crippen MR) is 149 cm³/mol. The second-order valence-electron chi connectivity index (χ2n) is 8.11. The van der Waals surface area contributed by atoms with Gasteiger partial charge < -0.3 is 15.1 Å². The van der Waals surface area contributed by atoms with Crippen LogP contribution in [0.25, 0.3) is 0 Å². The molecule has 3 aromatic rings. The van der Waals surface area contributed by atoms with Crippen LogP contribution in [-0.2, 0) is 0 Å². The summed E-state index contributed by atoms with van der Waals surface area (Å²) < 4.78 is 1.06. The minimum atomic E-state index is -0.247. The van der Waals surface area contributed by atoms with Crippen molar-refractivity contribution in [3.63, 3.8) is 0 Å². The van der Waals surface area contributed by atoms with Gasteiger partial charge in [0.1, 0.15) is 0 Å². The third-order valence-corrected chi connectivity index (χ3v) is 6.61. The Morgan fingerprint density at radius 3 is 2.03 bits per heavy atom. The van der Waals surface area contributed by atoms with Crippen LogP contribution in [-0.4, -0.2) is 48.0 Å². The Hall–Kier alpha value is -2.98. The highest BCUT2D eigenvalue weighted by molar-refractivity contribution is 14.1. The smallest absolute Gasteiger partial charge is 0.257 e. The molecule has 3 aromatic carbocycles. The van der Waals surface area contributed by atoms with Gasteiger partial charge in [0.2, 0.25) is 0 Å². The molecule has 0 spiro atoms. The summed E-state index contributed by atoms with van der Waals surface area (Å²) in [6.07, 6.45) is 0. The van der Waals surface area contributed by atoms with Gasteiger partial charge in [0.05, 0.1) is 0 Å². The first kappa shape index (κ1) is 24.2. The Labute approximate surface area is 218 Å². The molecule has 2 amide bonds. The van der Waals surface area contributed by atoms with Crippen LogP contribution in [0.15, 0.2) is 72.8 Å². The van der Waals surface area contributed by atoms with E-state index in [9.17, 15) is 9.59 Å². The SMILES string of the molecule is Cc1ccc(C(=O)N2CCN(c3ccc(NC(=S)NC(=O)c4ccc(I)cc4)cc3)CC2)cc1. The Morgan fingerprint density at radius 2 is 1.41 bits per heavy atom. The number of carbonyl (C=O) groups excluding carboxylic acids is 2. The highest BCUT2D eigenvalue weighted by Gasteiger charge is 2.22. The molecule has 1 heterocycles. The Kier molecular flexibility index (Phi) is 7.79. The van der Waals surface area contributed by atoms with E-state index in [2.05, 4.69) is 38.1 Å². The third kappa shape index (κ3) is 6.12. The molecule has 4 rings (SSSR count). The molecule has 0 unspecified atom stereocenters. The molecular weight excluding hydrogens is 559 g/mol. The molecule has 0 atom stereocenters. The first-order chi connectivity index (χ1) is 16.4. The van der Waals surface area contributed by atoms with E-state index >= 15 is 0 Å². The van der Waals surface area contributed by atoms with Crippen LogP contribution in [0, 0.1) is 10.5 Å². The maximum absolute atomic E-state index is 12.7. The van der Waals surface area contributed by atoms with E-state index < -0.39 is 0 Å². The Morgan fingerprint density at radius 1 is 0.824 bits per heavy atom. The minimum absolute atomic E-state index is 0.0833. The van der Waals surface area contributed by atoms with Crippen LogP contribution in [0.4, 0.5) is 11.4 Å². The van der Waals surface area contributed by atoms with Gasteiger partial charge in [0.25, 0.3) is 11.8 Å². The van der Waals surface area contributed by atoms with Crippen molar-refractivity contribution in [1.29, 1.82) is 0 Å². The predicted octanol–water partition coefficient (Wildman–Crippen LogP) is 4.69. The van der Waals surface area contributed by atoms with Crippen LogP contribution in [0.2, 0.25) is 0 Å². The van der Waals surface area contributed by atoms with Gasteiger partial charge in [0, 0.05) is 52.3 Å². The Bertz CT molecular complexity index is 1170. The number of hydrogen-bond donors (Lipinski definition) is 2. The summed E-state index contributed by atoms with van der Waals surface area (Å²) in [5.41, 5.74) is 4.32. The molecule has 0 aromatic heterocycles. The van der Waals surface area contributed by atoms with Crippen LogP contribution in [0.3, 0.4) is 0 Å². The van der Waals surface area contributed by atoms with E-state index in [4.69, 9.17) is 12.2 Å². The van der Waals surface area contributed by atoms with Gasteiger partial charge in [-0.15, -0.1) is 0 Å². The number of rotatable bonds is 4. The summed E-state index contributed by atoms with van der Waals surface area (Å²) in [6.45, 7) is 4.93. The lowest BCUT2D eigenvalue weighted by Gasteiger charge is -2.36. The van der Waals surface area contributed by atoms with Crippen molar-refractivity contribution in [2.45, 2.75) is 6.92 Å². The van der Waals surface area contributed by atoms with E-state index in [1.807, 2.05) is 72.5 Å². The molecule has 1 fully saturated rings. The highest BCUT2D eigenvalue weighted by atomic mass is 127. The summed E-state index contributed by atoms with van der Waals surface area (Å²) in [5.74, 6) is -0.163. The standard InChI is InChI=1S/C26H25IN4O2S/c1-18-2-4-20(5-3-18)25(33)31-16-14-30(15-17-31)23-12-10-22(11-13-23)28-26(34)29-24(32)19-6-8-21(27)9-7-19/h2-13H,14-17H2,1H3,(H2,28,29,32,34). The molecule has 6 nitrogen and oxygen atoms in total. The van der Waals surface area contributed by atoms with Crippen molar-refractivity contribution in [2.75, 3.05) is 36.4 Å². The van der Waals surface area contributed by atoms with Crippen molar-refractivity contribution < 1.29 is 9.59 Å². The van der Waals surface area contributed by atoms with Crippen molar-refractivity contribution in [1.82, 2.24) is 10.2 Å². The average molecular weight is 584 g/mol. The maximum atomic E-state index is 12.7. The normalized spacial score (nSPS) is 13.4. The van der Waals surface area contributed by atoms with Crippen LogP contribution in [0.5, 0.6) is 0 Å². The fourth-order valence-electron chi connectivity index (χ4n) is 3.74. The van der Waals surface area contributed by atoms with Crippen LogP contribution < -0.4 is 15.5 Å². The largest absolute Gasteiger partial charge is 0.368 e. The van der Waals surface area contributed by atoms with E-state index in [0.29, 0.717) is 18.7 Å². The zero-order chi connectivity index (χ0) is 24.1. The van der Waals surface area contributed by atoms with Crippen molar-refractivity contribution in [2.24, 2.45) is 0 Å². The van der Waals surface area contributed by atoms with Crippen LogP contribution in [0.1, 0.15) is 26.3 Å². The molecule has 0 radical (unpaired) electrons. The number of anilines is 2. The van der Waals surface area contributed by atoms with Gasteiger partial charge in [-0.2, -0.15) is 0 Å². The quantitative estimate of drug-likeness (QED) is 0.345. The number of piperazine rings is 1. The molecule has 0 saturated carbocycles. The summed E-state index contributed by atoms with van der Waals surface area (Å²) >= 11 is 7.48. The first-order valence-corrected chi connectivity index (χ1v) is 12.5. The minimum Gasteiger partial charge on any atom is -0.368 e. The number of halogens is 1. The van der Waals surface area contributed by atoms with Gasteiger partial charge >= 0.3 is 0 Å². The van der Waals surface area contributed by atoms with Gasteiger partial charge in [-0.05, 0) is 102 Å². The van der Waals surface area contributed by atoms with Crippen molar-refractivity contribution in [3.8, 4) is 0 Å². The lowest BCUT2D eigenvalue weighted by molar-refractivity contribution is 0.0746. The monoisotopic (exact) mass is 584 g/mol. The van der Waals surface area contributed by atoms with E-state index in [1.54, 1.807) is 12.1 Å². The molecule has 1 saturated heterocycles. The lowest BCUT2D eigenvalue weighted by atomic mass is 10.1. The number of nitrogens with one attached hydrogen (secondary N) is 2. The van der Waals surface area contributed by atoms with E-state index in [-0.39, 0.29) is 16.9 Å². The van der Waals surface area contributed by atoms with Crippen LogP contribution >= 0.6 is 34.8 Å². The number of benzene rings is 3. The number of thiocarbonyl (C=S) groups is 1. The topological polar surface area (TPSA) is 64.7 Å². The number of aryl methyl sites for hydroxylation is 1. The van der Waals surface area contributed by atoms with Crippen molar-refractivity contribution in [3.05, 3.63) is 93.1 Å². The average Bonchev–Trinajstić information content (AvgIpc) is 2.85. The molecule has 34 heavy (non-hydrogen) atoms. The van der Waals surface area contributed by atoms with Gasteiger partial charge in [-0.3, -0.25) is 14.9 Å². The highest BCUT2D eigenvalue weighted by Crippen LogP contribution is 2.20. The van der Waals surface area contributed by atoms with E-state index in [0.717, 1.165) is 39.2 Å².